The normalized spacial score (nSPS) is 14.6. The van der Waals surface area contributed by atoms with Crippen molar-refractivity contribution in [2.24, 2.45) is 0 Å². The summed E-state index contributed by atoms with van der Waals surface area (Å²) in [6, 6.07) is 14.8. The summed E-state index contributed by atoms with van der Waals surface area (Å²) >= 11 is 0. The molecule has 0 N–H and O–H groups in total. The highest BCUT2D eigenvalue weighted by Gasteiger charge is 2.31. The van der Waals surface area contributed by atoms with E-state index < -0.39 is 11.7 Å². The minimum atomic E-state index is -4.38. The van der Waals surface area contributed by atoms with E-state index in [0.29, 0.717) is 48.9 Å². The van der Waals surface area contributed by atoms with Gasteiger partial charge in [0.15, 0.2) is 5.82 Å². The molecule has 31 heavy (non-hydrogen) atoms. The van der Waals surface area contributed by atoms with Gasteiger partial charge in [-0.1, -0.05) is 36.4 Å². The number of halogens is 3. The second-order valence-corrected chi connectivity index (χ2v) is 7.39. The molecule has 0 spiro atoms. The van der Waals surface area contributed by atoms with E-state index >= 15 is 0 Å². The van der Waals surface area contributed by atoms with Crippen LogP contribution in [0.25, 0.3) is 11.4 Å². The van der Waals surface area contributed by atoms with Crippen molar-refractivity contribution in [1.82, 2.24) is 14.9 Å². The van der Waals surface area contributed by atoms with Gasteiger partial charge in [-0.2, -0.15) is 13.2 Å². The molecule has 8 heteroatoms. The summed E-state index contributed by atoms with van der Waals surface area (Å²) in [6.07, 6.45) is -2.83. The van der Waals surface area contributed by atoms with E-state index in [1.807, 2.05) is 35.2 Å². The van der Waals surface area contributed by atoms with Gasteiger partial charge in [0.25, 0.3) is 5.91 Å². The van der Waals surface area contributed by atoms with Gasteiger partial charge in [-0.05, 0) is 25.1 Å². The average Bonchev–Trinajstić information content (AvgIpc) is 2.79. The monoisotopic (exact) mass is 426 g/mol. The quantitative estimate of drug-likeness (QED) is 0.622. The molecule has 1 saturated heterocycles. The topological polar surface area (TPSA) is 49.3 Å². The van der Waals surface area contributed by atoms with Gasteiger partial charge in [0.2, 0.25) is 0 Å². The van der Waals surface area contributed by atoms with Crippen LogP contribution in [0.2, 0.25) is 0 Å². The lowest BCUT2D eigenvalue weighted by Gasteiger charge is -2.36. The van der Waals surface area contributed by atoms with Crippen molar-refractivity contribution in [3.63, 3.8) is 0 Å². The smallest absolute Gasteiger partial charge is 0.368 e. The third-order valence-electron chi connectivity index (χ3n) is 5.35. The van der Waals surface area contributed by atoms with Crippen LogP contribution in [-0.2, 0) is 6.18 Å². The fourth-order valence-electron chi connectivity index (χ4n) is 3.62. The van der Waals surface area contributed by atoms with Crippen LogP contribution in [0.5, 0.6) is 0 Å². The maximum Gasteiger partial charge on any atom is 0.416 e. The first-order valence-electron chi connectivity index (χ1n) is 9.93. The summed E-state index contributed by atoms with van der Waals surface area (Å²) in [6.45, 7) is 3.51. The Bertz CT molecular complexity index is 1080. The third kappa shape index (κ3) is 4.52. The summed E-state index contributed by atoms with van der Waals surface area (Å²) < 4.78 is 38.9. The number of aromatic nitrogens is 2. The minimum absolute atomic E-state index is 0.166. The van der Waals surface area contributed by atoms with Crippen LogP contribution >= 0.6 is 0 Å². The zero-order valence-electron chi connectivity index (χ0n) is 16.9. The SMILES string of the molecule is Cc1nc(-c2ccccc2)ncc1C(=O)N1CCN(c2cccc(C(F)(F)F)c2)CC1. The van der Waals surface area contributed by atoms with Crippen LogP contribution in [-0.4, -0.2) is 47.0 Å². The number of hydrogen-bond donors (Lipinski definition) is 0. The zero-order valence-corrected chi connectivity index (χ0v) is 16.9. The highest BCUT2D eigenvalue weighted by atomic mass is 19.4. The maximum atomic E-state index is 13.0. The van der Waals surface area contributed by atoms with Gasteiger partial charge >= 0.3 is 6.18 Å². The summed E-state index contributed by atoms with van der Waals surface area (Å²) in [5.74, 6) is 0.393. The number of carbonyl (C=O) groups excluding carboxylic acids is 1. The first-order valence-corrected chi connectivity index (χ1v) is 9.93. The van der Waals surface area contributed by atoms with E-state index in [1.54, 1.807) is 24.1 Å². The van der Waals surface area contributed by atoms with E-state index in [0.717, 1.165) is 17.7 Å². The van der Waals surface area contributed by atoms with Crippen LogP contribution in [0.15, 0.2) is 60.8 Å². The molecule has 1 aliphatic rings. The van der Waals surface area contributed by atoms with Crippen LogP contribution in [0, 0.1) is 6.92 Å². The highest BCUT2D eigenvalue weighted by Crippen LogP contribution is 2.32. The molecular formula is C23H21F3N4O. The van der Waals surface area contributed by atoms with E-state index in [4.69, 9.17) is 0 Å². The molecule has 160 valence electrons. The number of anilines is 1. The molecule has 0 radical (unpaired) electrons. The number of amides is 1. The van der Waals surface area contributed by atoms with Crippen molar-refractivity contribution in [3.05, 3.63) is 77.6 Å². The lowest BCUT2D eigenvalue weighted by molar-refractivity contribution is -0.137. The van der Waals surface area contributed by atoms with Crippen LogP contribution < -0.4 is 4.90 Å². The fourth-order valence-corrected chi connectivity index (χ4v) is 3.62. The van der Waals surface area contributed by atoms with E-state index in [2.05, 4.69) is 9.97 Å². The standard InChI is InChI=1S/C23H21F3N4O/c1-16-20(15-27-21(28-16)17-6-3-2-4-7-17)22(31)30-12-10-29(11-13-30)19-9-5-8-18(14-19)23(24,25)26/h2-9,14-15H,10-13H2,1H3. The van der Waals surface area contributed by atoms with Crippen molar-refractivity contribution in [2.75, 3.05) is 31.1 Å². The Morgan fingerprint density at radius 1 is 0.968 bits per heavy atom. The van der Waals surface area contributed by atoms with Crippen molar-refractivity contribution in [2.45, 2.75) is 13.1 Å². The molecule has 0 aliphatic carbocycles. The molecule has 3 aromatic rings. The molecule has 2 heterocycles. The van der Waals surface area contributed by atoms with E-state index in [9.17, 15) is 18.0 Å². The Balaban J connectivity index is 1.44. The molecule has 1 aromatic heterocycles. The Hall–Kier alpha value is -3.42. The molecule has 4 rings (SSSR count). The van der Waals surface area contributed by atoms with Gasteiger partial charge in [0.05, 0.1) is 16.8 Å². The van der Waals surface area contributed by atoms with Gasteiger partial charge in [0.1, 0.15) is 0 Å². The zero-order chi connectivity index (χ0) is 22.0. The van der Waals surface area contributed by atoms with Crippen LogP contribution in [0.4, 0.5) is 18.9 Å². The molecular weight excluding hydrogens is 405 g/mol. The first kappa shape index (κ1) is 20.8. The van der Waals surface area contributed by atoms with Crippen molar-refractivity contribution in [3.8, 4) is 11.4 Å². The molecule has 1 fully saturated rings. The second-order valence-electron chi connectivity index (χ2n) is 7.39. The number of carbonyl (C=O) groups is 1. The van der Waals surface area contributed by atoms with Gasteiger partial charge in [-0.15, -0.1) is 0 Å². The second kappa shape index (κ2) is 8.37. The number of aryl methyl sites for hydroxylation is 1. The Labute approximate surface area is 178 Å². The van der Waals surface area contributed by atoms with E-state index in [-0.39, 0.29) is 5.91 Å². The lowest BCUT2D eigenvalue weighted by Crippen LogP contribution is -2.49. The number of hydrogen-bond acceptors (Lipinski definition) is 4. The van der Waals surface area contributed by atoms with Crippen LogP contribution in [0.1, 0.15) is 21.6 Å². The number of rotatable bonds is 3. The van der Waals surface area contributed by atoms with Crippen molar-refractivity contribution in [1.29, 1.82) is 0 Å². The fraction of sp³-hybridized carbons (Fsp3) is 0.261. The van der Waals surface area contributed by atoms with Gasteiger partial charge in [-0.25, -0.2) is 9.97 Å². The third-order valence-corrected chi connectivity index (χ3v) is 5.35. The summed E-state index contributed by atoms with van der Waals surface area (Å²) in [5.41, 5.74) is 1.74. The van der Waals surface area contributed by atoms with Crippen molar-refractivity contribution >= 4 is 11.6 Å². The molecule has 0 bridgehead atoms. The van der Waals surface area contributed by atoms with Crippen LogP contribution in [0.3, 0.4) is 0 Å². The Kier molecular flexibility index (Phi) is 5.63. The number of alkyl halides is 3. The van der Waals surface area contributed by atoms with Gasteiger partial charge in [-0.3, -0.25) is 4.79 Å². The number of nitrogens with zero attached hydrogens (tertiary/aromatic N) is 4. The Morgan fingerprint density at radius 2 is 1.68 bits per heavy atom. The highest BCUT2D eigenvalue weighted by molar-refractivity contribution is 5.95. The molecule has 1 aliphatic heterocycles. The average molecular weight is 426 g/mol. The Morgan fingerprint density at radius 3 is 2.32 bits per heavy atom. The molecule has 2 aromatic carbocycles. The number of benzene rings is 2. The molecule has 0 atom stereocenters. The predicted octanol–water partition coefficient (Wildman–Crippen LogP) is 4.43. The van der Waals surface area contributed by atoms with Gasteiger partial charge in [0, 0.05) is 43.6 Å². The van der Waals surface area contributed by atoms with Gasteiger partial charge < -0.3 is 9.80 Å². The molecule has 5 nitrogen and oxygen atoms in total. The van der Waals surface area contributed by atoms with Crippen molar-refractivity contribution < 1.29 is 18.0 Å². The maximum absolute atomic E-state index is 13.0. The summed E-state index contributed by atoms with van der Waals surface area (Å²) in [7, 11) is 0. The van der Waals surface area contributed by atoms with E-state index in [1.165, 1.54) is 6.07 Å². The minimum Gasteiger partial charge on any atom is -0.368 e. The first-order chi connectivity index (χ1) is 14.8. The largest absolute Gasteiger partial charge is 0.416 e. The molecule has 0 saturated carbocycles. The molecule has 1 amide bonds. The number of piperazine rings is 1. The molecule has 0 unspecified atom stereocenters. The summed E-state index contributed by atoms with van der Waals surface area (Å²) in [5, 5.41) is 0. The predicted molar refractivity (Wildman–Crippen MR) is 112 cm³/mol. The summed E-state index contributed by atoms with van der Waals surface area (Å²) in [4.78, 5) is 25.4. The lowest BCUT2D eigenvalue weighted by atomic mass is 10.1.